The standard InChI is InChI=1S/C17H21N3O3S/c1-13-11-20(8-7-19(13)12-14(2)21)24(22,23)17-4-3-15-5-6-18-10-16(15)9-17/h3-6,9-10,13H,7-8,11-12H2,1-2H3. The van der Waals surface area contributed by atoms with E-state index in [-0.39, 0.29) is 16.7 Å². The number of Topliss-reactive ketones (excluding diaryl/α,β-unsaturated/α-hetero) is 1. The van der Waals surface area contributed by atoms with Crippen LogP contribution in [-0.2, 0) is 14.8 Å². The zero-order chi connectivity index (χ0) is 17.3. The molecule has 0 N–H and O–H groups in total. The number of pyridine rings is 1. The monoisotopic (exact) mass is 347 g/mol. The Morgan fingerprint density at radius 1 is 1.25 bits per heavy atom. The van der Waals surface area contributed by atoms with Crippen molar-refractivity contribution in [3.8, 4) is 0 Å². The number of carbonyl (C=O) groups excluding carboxylic acids is 1. The van der Waals surface area contributed by atoms with E-state index >= 15 is 0 Å². The van der Waals surface area contributed by atoms with Crippen LogP contribution < -0.4 is 0 Å². The second-order valence-electron chi connectivity index (χ2n) is 6.27. The highest BCUT2D eigenvalue weighted by molar-refractivity contribution is 7.89. The van der Waals surface area contributed by atoms with E-state index in [0.717, 1.165) is 10.8 Å². The molecule has 1 aliphatic heterocycles. The van der Waals surface area contributed by atoms with Gasteiger partial charge in [0.05, 0.1) is 11.4 Å². The summed E-state index contributed by atoms with van der Waals surface area (Å²) < 4.78 is 27.4. The number of nitrogens with zero attached hydrogens (tertiary/aromatic N) is 3. The van der Waals surface area contributed by atoms with Gasteiger partial charge in [0.2, 0.25) is 10.0 Å². The molecule has 1 atom stereocenters. The second kappa shape index (κ2) is 6.58. The van der Waals surface area contributed by atoms with Crippen molar-refractivity contribution in [2.24, 2.45) is 0 Å². The lowest BCUT2D eigenvalue weighted by Crippen LogP contribution is -2.54. The molecular formula is C17H21N3O3S. The average molecular weight is 347 g/mol. The van der Waals surface area contributed by atoms with Gasteiger partial charge in [-0.15, -0.1) is 0 Å². The highest BCUT2D eigenvalue weighted by Crippen LogP contribution is 2.23. The number of piperazine rings is 1. The van der Waals surface area contributed by atoms with Crippen LogP contribution in [-0.4, -0.2) is 60.6 Å². The quantitative estimate of drug-likeness (QED) is 0.839. The fourth-order valence-electron chi connectivity index (χ4n) is 3.07. The molecule has 0 spiro atoms. The lowest BCUT2D eigenvalue weighted by Gasteiger charge is -2.38. The Morgan fingerprint density at radius 2 is 2.04 bits per heavy atom. The van der Waals surface area contributed by atoms with Crippen molar-refractivity contribution in [2.75, 3.05) is 26.2 Å². The van der Waals surface area contributed by atoms with Crippen molar-refractivity contribution in [1.29, 1.82) is 0 Å². The zero-order valence-electron chi connectivity index (χ0n) is 13.8. The Hall–Kier alpha value is -1.83. The minimum absolute atomic E-state index is 0.0135. The van der Waals surface area contributed by atoms with Gasteiger partial charge in [-0.2, -0.15) is 4.31 Å². The number of rotatable bonds is 4. The third-order valence-corrected chi connectivity index (χ3v) is 6.26. The first-order chi connectivity index (χ1) is 11.4. The molecule has 7 heteroatoms. The van der Waals surface area contributed by atoms with Gasteiger partial charge in [-0.1, -0.05) is 6.07 Å². The van der Waals surface area contributed by atoms with Crippen LogP contribution in [0.1, 0.15) is 13.8 Å². The molecule has 128 valence electrons. The molecule has 1 aromatic heterocycles. The van der Waals surface area contributed by atoms with Gasteiger partial charge in [0, 0.05) is 43.5 Å². The molecule has 24 heavy (non-hydrogen) atoms. The van der Waals surface area contributed by atoms with Crippen LogP contribution in [0.2, 0.25) is 0 Å². The predicted octanol–water partition coefficient (Wildman–Crippen LogP) is 1.52. The SMILES string of the molecule is CC(=O)CN1CCN(S(=O)(=O)c2ccc3ccncc3c2)CC1C. The molecule has 0 amide bonds. The fourth-order valence-corrected chi connectivity index (χ4v) is 4.62. The first-order valence-corrected chi connectivity index (χ1v) is 9.39. The van der Waals surface area contributed by atoms with E-state index in [0.29, 0.717) is 26.2 Å². The van der Waals surface area contributed by atoms with E-state index in [4.69, 9.17) is 0 Å². The number of benzene rings is 1. The molecule has 0 bridgehead atoms. The van der Waals surface area contributed by atoms with Gasteiger partial charge in [0.1, 0.15) is 5.78 Å². The number of hydrogen-bond donors (Lipinski definition) is 0. The van der Waals surface area contributed by atoms with E-state index in [1.807, 2.05) is 17.9 Å². The molecule has 1 fully saturated rings. The lowest BCUT2D eigenvalue weighted by atomic mass is 10.2. The third-order valence-electron chi connectivity index (χ3n) is 4.40. The van der Waals surface area contributed by atoms with Gasteiger partial charge in [-0.3, -0.25) is 14.7 Å². The summed E-state index contributed by atoms with van der Waals surface area (Å²) in [4.78, 5) is 17.7. The summed E-state index contributed by atoms with van der Waals surface area (Å²) in [6.07, 6.45) is 3.36. The normalized spacial score (nSPS) is 20.3. The van der Waals surface area contributed by atoms with Crippen LogP contribution in [0.4, 0.5) is 0 Å². The Bertz CT molecular complexity index is 866. The number of ketones is 1. The van der Waals surface area contributed by atoms with E-state index in [1.54, 1.807) is 37.5 Å². The Labute approximate surface area is 142 Å². The van der Waals surface area contributed by atoms with Gasteiger partial charge < -0.3 is 0 Å². The van der Waals surface area contributed by atoms with Gasteiger partial charge in [0.15, 0.2) is 0 Å². The van der Waals surface area contributed by atoms with Crippen LogP contribution in [0.15, 0.2) is 41.6 Å². The number of aromatic nitrogens is 1. The van der Waals surface area contributed by atoms with Crippen molar-refractivity contribution in [2.45, 2.75) is 24.8 Å². The van der Waals surface area contributed by atoms with E-state index < -0.39 is 10.0 Å². The molecular weight excluding hydrogens is 326 g/mol. The van der Waals surface area contributed by atoms with Gasteiger partial charge in [0.25, 0.3) is 0 Å². The highest BCUT2D eigenvalue weighted by Gasteiger charge is 2.32. The Kier molecular flexibility index (Phi) is 4.67. The van der Waals surface area contributed by atoms with Crippen molar-refractivity contribution in [1.82, 2.24) is 14.2 Å². The van der Waals surface area contributed by atoms with Crippen LogP contribution in [0.3, 0.4) is 0 Å². The second-order valence-corrected chi connectivity index (χ2v) is 8.21. The first-order valence-electron chi connectivity index (χ1n) is 7.95. The minimum Gasteiger partial charge on any atom is -0.299 e. The fraction of sp³-hybridized carbons (Fsp3) is 0.412. The number of sulfonamides is 1. The van der Waals surface area contributed by atoms with Gasteiger partial charge in [-0.05, 0) is 37.4 Å². The number of hydrogen-bond acceptors (Lipinski definition) is 5. The Morgan fingerprint density at radius 3 is 2.75 bits per heavy atom. The first kappa shape index (κ1) is 17.0. The number of carbonyl (C=O) groups is 1. The maximum atomic E-state index is 12.9. The summed E-state index contributed by atoms with van der Waals surface area (Å²) in [7, 11) is -3.54. The molecule has 1 aliphatic rings. The topological polar surface area (TPSA) is 70.6 Å². The maximum absolute atomic E-state index is 12.9. The summed E-state index contributed by atoms with van der Waals surface area (Å²) in [5.74, 6) is 0.0974. The van der Waals surface area contributed by atoms with Crippen LogP contribution in [0.25, 0.3) is 10.8 Å². The summed E-state index contributed by atoms with van der Waals surface area (Å²) in [6.45, 7) is 5.23. The van der Waals surface area contributed by atoms with Gasteiger partial charge >= 0.3 is 0 Å². The minimum atomic E-state index is -3.54. The van der Waals surface area contributed by atoms with Crippen LogP contribution >= 0.6 is 0 Å². The molecule has 1 unspecified atom stereocenters. The van der Waals surface area contributed by atoms with Crippen molar-refractivity contribution in [3.63, 3.8) is 0 Å². The number of fused-ring (bicyclic) bond motifs is 1. The highest BCUT2D eigenvalue weighted by atomic mass is 32.2. The largest absolute Gasteiger partial charge is 0.299 e. The predicted molar refractivity (Wildman–Crippen MR) is 92.2 cm³/mol. The third kappa shape index (κ3) is 3.33. The summed E-state index contributed by atoms with van der Waals surface area (Å²) in [5.41, 5.74) is 0. The molecule has 2 aromatic rings. The molecule has 6 nitrogen and oxygen atoms in total. The van der Waals surface area contributed by atoms with Crippen LogP contribution in [0, 0.1) is 0 Å². The molecule has 1 saturated heterocycles. The maximum Gasteiger partial charge on any atom is 0.243 e. The summed E-state index contributed by atoms with van der Waals surface area (Å²) in [6, 6.07) is 6.99. The van der Waals surface area contributed by atoms with E-state index in [9.17, 15) is 13.2 Å². The Balaban J connectivity index is 1.83. The van der Waals surface area contributed by atoms with Crippen LogP contribution in [0.5, 0.6) is 0 Å². The zero-order valence-corrected chi connectivity index (χ0v) is 14.7. The summed E-state index contributed by atoms with van der Waals surface area (Å²) >= 11 is 0. The average Bonchev–Trinajstić information content (AvgIpc) is 2.55. The molecule has 0 aliphatic carbocycles. The smallest absolute Gasteiger partial charge is 0.243 e. The van der Waals surface area contributed by atoms with E-state index in [2.05, 4.69) is 4.98 Å². The summed E-state index contributed by atoms with van der Waals surface area (Å²) in [5, 5.41) is 1.77. The van der Waals surface area contributed by atoms with Crippen molar-refractivity contribution in [3.05, 3.63) is 36.7 Å². The van der Waals surface area contributed by atoms with Gasteiger partial charge in [-0.25, -0.2) is 8.42 Å². The lowest BCUT2D eigenvalue weighted by molar-refractivity contribution is -0.119. The molecule has 1 aromatic carbocycles. The molecule has 0 saturated carbocycles. The van der Waals surface area contributed by atoms with Crippen molar-refractivity contribution < 1.29 is 13.2 Å². The van der Waals surface area contributed by atoms with E-state index in [1.165, 1.54) is 4.31 Å². The molecule has 3 rings (SSSR count). The van der Waals surface area contributed by atoms with Crippen molar-refractivity contribution >= 4 is 26.6 Å². The molecule has 2 heterocycles. The molecule has 0 radical (unpaired) electrons.